The van der Waals surface area contributed by atoms with Gasteiger partial charge in [0.05, 0.1) is 6.10 Å². The topological polar surface area (TPSA) is 40.5 Å². The van der Waals surface area contributed by atoms with E-state index < -0.39 is 0 Å². The van der Waals surface area contributed by atoms with Gasteiger partial charge < -0.3 is 10.0 Å². The van der Waals surface area contributed by atoms with Crippen molar-refractivity contribution in [3.05, 3.63) is 0 Å². The molecule has 1 saturated carbocycles. The first-order valence-electron chi connectivity index (χ1n) is 6.95. The fourth-order valence-electron chi connectivity index (χ4n) is 3.15. The molecule has 1 aliphatic heterocycles. The zero-order chi connectivity index (χ0) is 12.5. The van der Waals surface area contributed by atoms with E-state index in [0.29, 0.717) is 18.4 Å². The number of carbonyl (C=O) groups is 1. The van der Waals surface area contributed by atoms with Gasteiger partial charge in [-0.05, 0) is 25.2 Å². The summed E-state index contributed by atoms with van der Waals surface area (Å²) in [6.45, 7) is 5.54. The average molecular weight is 239 g/mol. The minimum absolute atomic E-state index is 0.149. The molecule has 1 unspecified atom stereocenters. The van der Waals surface area contributed by atoms with Gasteiger partial charge in [-0.15, -0.1) is 0 Å². The lowest BCUT2D eigenvalue weighted by atomic mass is 9.81. The fraction of sp³-hybridized carbons (Fsp3) is 0.929. The van der Waals surface area contributed by atoms with Crippen LogP contribution in [0.25, 0.3) is 0 Å². The molecule has 0 aromatic rings. The summed E-state index contributed by atoms with van der Waals surface area (Å²) in [5.74, 6) is 0.925. The number of likely N-dealkylation sites (tertiary alicyclic amines) is 1. The van der Waals surface area contributed by atoms with Crippen molar-refractivity contribution < 1.29 is 9.90 Å². The van der Waals surface area contributed by atoms with Crippen LogP contribution in [0.5, 0.6) is 0 Å². The van der Waals surface area contributed by atoms with E-state index in [1.165, 1.54) is 25.7 Å². The van der Waals surface area contributed by atoms with E-state index in [0.717, 1.165) is 19.4 Å². The molecule has 98 valence electrons. The van der Waals surface area contributed by atoms with Crippen molar-refractivity contribution in [2.75, 3.05) is 13.1 Å². The Hall–Kier alpha value is -0.570. The van der Waals surface area contributed by atoms with Gasteiger partial charge in [0, 0.05) is 24.9 Å². The van der Waals surface area contributed by atoms with Crippen molar-refractivity contribution in [1.29, 1.82) is 0 Å². The van der Waals surface area contributed by atoms with E-state index >= 15 is 0 Å². The van der Waals surface area contributed by atoms with Gasteiger partial charge in [0.2, 0.25) is 5.91 Å². The van der Waals surface area contributed by atoms with Crippen LogP contribution in [0.1, 0.15) is 52.4 Å². The van der Waals surface area contributed by atoms with E-state index in [1.54, 1.807) is 0 Å². The Morgan fingerprint density at radius 3 is 2.53 bits per heavy atom. The molecule has 1 amide bonds. The summed E-state index contributed by atoms with van der Waals surface area (Å²) < 4.78 is 0. The molecule has 0 aromatic carbocycles. The number of hydrogen-bond donors (Lipinski definition) is 1. The standard InChI is InChI=1S/C14H25NO2/c1-14(2)10-15(8-7-12(14)16)13(17)9-11-5-3-4-6-11/h11-12,16H,3-10H2,1-2H3. The Morgan fingerprint density at radius 2 is 1.94 bits per heavy atom. The van der Waals surface area contributed by atoms with Crippen LogP contribution in [0, 0.1) is 11.3 Å². The van der Waals surface area contributed by atoms with Gasteiger partial charge >= 0.3 is 0 Å². The van der Waals surface area contributed by atoms with Gasteiger partial charge in [0.1, 0.15) is 0 Å². The zero-order valence-corrected chi connectivity index (χ0v) is 11.1. The Morgan fingerprint density at radius 1 is 1.29 bits per heavy atom. The summed E-state index contributed by atoms with van der Waals surface area (Å²) in [6, 6.07) is 0. The Kier molecular flexibility index (Phi) is 3.76. The summed E-state index contributed by atoms with van der Waals surface area (Å²) in [5, 5.41) is 9.88. The average Bonchev–Trinajstić information content (AvgIpc) is 2.74. The number of aliphatic hydroxyl groups excluding tert-OH is 1. The molecule has 3 nitrogen and oxygen atoms in total. The Balaban J connectivity index is 1.87. The number of amides is 1. The summed E-state index contributed by atoms with van der Waals surface area (Å²) in [7, 11) is 0. The SMILES string of the molecule is CC1(C)CN(C(=O)CC2CCCC2)CCC1O. The molecule has 0 spiro atoms. The summed E-state index contributed by atoms with van der Waals surface area (Å²) in [5.41, 5.74) is -0.149. The molecule has 17 heavy (non-hydrogen) atoms. The van der Waals surface area contributed by atoms with Gasteiger partial charge in [0.15, 0.2) is 0 Å². The lowest BCUT2D eigenvalue weighted by molar-refractivity contribution is -0.138. The first kappa shape index (κ1) is 12.9. The van der Waals surface area contributed by atoms with Crippen molar-refractivity contribution >= 4 is 5.91 Å². The molecule has 2 rings (SSSR count). The highest BCUT2D eigenvalue weighted by molar-refractivity contribution is 5.76. The predicted molar refractivity (Wildman–Crippen MR) is 67.6 cm³/mol. The molecule has 1 heterocycles. The number of hydrogen-bond acceptors (Lipinski definition) is 2. The minimum atomic E-state index is -0.266. The zero-order valence-electron chi connectivity index (χ0n) is 11.1. The summed E-state index contributed by atoms with van der Waals surface area (Å²) in [4.78, 5) is 14.2. The second kappa shape index (κ2) is 4.97. The van der Waals surface area contributed by atoms with Crippen LogP contribution < -0.4 is 0 Å². The largest absolute Gasteiger partial charge is 0.392 e. The maximum absolute atomic E-state index is 12.2. The molecule has 0 aromatic heterocycles. The van der Waals surface area contributed by atoms with Gasteiger partial charge in [-0.3, -0.25) is 4.79 Å². The first-order valence-corrected chi connectivity index (χ1v) is 6.95. The van der Waals surface area contributed by atoms with E-state index in [2.05, 4.69) is 0 Å². The lowest BCUT2D eigenvalue weighted by Gasteiger charge is -2.42. The number of rotatable bonds is 2. The molecule has 1 N–H and O–H groups in total. The Labute approximate surface area is 104 Å². The molecule has 3 heteroatoms. The smallest absolute Gasteiger partial charge is 0.222 e. The van der Waals surface area contributed by atoms with Crippen LogP contribution in [-0.4, -0.2) is 35.1 Å². The van der Waals surface area contributed by atoms with Crippen LogP contribution in [0.2, 0.25) is 0 Å². The number of piperidine rings is 1. The number of aliphatic hydroxyl groups is 1. The third kappa shape index (κ3) is 3.01. The molecule has 1 saturated heterocycles. The predicted octanol–water partition coefficient (Wildman–Crippen LogP) is 2.19. The number of nitrogens with zero attached hydrogens (tertiary/aromatic N) is 1. The molecule has 1 atom stereocenters. The molecule has 2 aliphatic rings. The normalized spacial score (nSPS) is 29.6. The molecule has 0 bridgehead atoms. The monoisotopic (exact) mass is 239 g/mol. The fourth-order valence-corrected chi connectivity index (χ4v) is 3.15. The molecule has 2 fully saturated rings. The van der Waals surface area contributed by atoms with Crippen LogP contribution in [0.15, 0.2) is 0 Å². The lowest BCUT2D eigenvalue weighted by Crippen LogP contribution is -2.50. The molecule has 1 aliphatic carbocycles. The van der Waals surface area contributed by atoms with Crippen molar-refractivity contribution in [2.45, 2.75) is 58.5 Å². The van der Waals surface area contributed by atoms with E-state index in [9.17, 15) is 9.90 Å². The van der Waals surface area contributed by atoms with Crippen molar-refractivity contribution in [3.8, 4) is 0 Å². The highest BCUT2D eigenvalue weighted by Gasteiger charge is 2.36. The van der Waals surface area contributed by atoms with Crippen LogP contribution in [0.4, 0.5) is 0 Å². The third-order valence-corrected chi connectivity index (χ3v) is 4.46. The number of carbonyl (C=O) groups excluding carboxylic acids is 1. The minimum Gasteiger partial charge on any atom is -0.392 e. The second-order valence-corrected chi connectivity index (χ2v) is 6.46. The van der Waals surface area contributed by atoms with Crippen LogP contribution in [-0.2, 0) is 4.79 Å². The first-order chi connectivity index (χ1) is 7.99. The summed E-state index contributed by atoms with van der Waals surface area (Å²) in [6.07, 6.45) is 6.23. The van der Waals surface area contributed by atoms with Crippen molar-refractivity contribution in [3.63, 3.8) is 0 Å². The highest BCUT2D eigenvalue weighted by atomic mass is 16.3. The highest BCUT2D eigenvalue weighted by Crippen LogP contribution is 2.32. The van der Waals surface area contributed by atoms with E-state index in [4.69, 9.17) is 0 Å². The maximum Gasteiger partial charge on any atom is 0.222 e. The molecular formula is C14H25NO2. The second-order valence-electron chi connectivity index (χ2n) is 6.46. The molecule has 0 radical (unpaired) electrons. The third-order valence-electron chi connectivity index (χ3n) is 4.46. The van der Waals surface area contributed by atoms with Gasteiger partial charge in [-0.25, -0.2) is 0 Å². The van der Waals surface area contributed by atoms with Crippen molar-refractivity contribution in [1.82, 2.24) is 4.90 Å². The van der Waals surface area contributed by atoms with E-state index in [-0.39, 0.29) is 11.5 Å². The van der Waals surface area contributed by atoms with Crippen LogP contribution in [0.3, 0.4) is 0 Å². The Bertz CT molecular complexity index is 282. The van der Waals surface area contributed by atoms with Gasteiger partial charge in [-0.2, -0.15) is 0 Å². The quantitative estimate of drug-likeness (QED) is 0.802. The van der Waals surface area contributed by atoms with Crippen LogP contribution >= 0.6 is 0 Å². The summed E-state index contributed by atoms with van der Waals surface area (Å²) >= 11 is 0. The van der Waals surface area contributed by atoms with Gasteiger partial charge in [0.25, 0.3) is 0 Å². The van der Waals surface area contributed by atoms with Crippen molar-refractivity contribution in [2.24, 2.45) is 11.3 Å². The van der Waals surface area contributed by atoms with Gasteiger partial charge in [-0.1, -0.05) is 26.7 Å². The van der Waals surface area contributed by atoms with E-state index in [1.807, 2.05) is 18.7 Å². The molecular weight excluding hydrogens is 214 g/mol. The maximum atomic E-state index is 12.2.